The highest BCUT2D eigenvalue weighted by molar-refractivity contribution is 7.18. The minimum absolute atomic E-state index is 0. The van der Waals surface area contributed by atoms with Gasteiger partial charge in [-0.25, -0.2) is 0 Å². The molecule has 2 aromatic rings. The van der Waals surface area contributed by atoms with Gasteiger partial charge in [0.25, 0.3) is 0 Å². The van der Waals surface area contributed by atoms with E-state index in [1.165, 1.54) is 16.9 Å². The zero-order valence-electron chi connectivity index (χ0n) is 13.7. The van der Waals surface area contributed by atoms with Crippen LogP contribution in [0.5, 0.6) is 0 Å². The van der Waals surface area contributed by atoms with E-state index in [-0.39, 0.29) is 18.3 Å². The Morgan fingerprint density at radius 3 is 2.67 bits per heavy atom. The van der Waals surface area contributed by atoms with Crippen LogP contribution in [0.4, 0.5) is 5.13 Å². The van der Waals surface area contributed by atoms with Crippen LogP contribution in [0.15, 0.2) is 18.2 Å². The molecular weight excluding hydrogens is 348 g/mol. The number of hydrogen-bond donors (Lipinski definition) is 2. The summed E-state index contributed by atoms with van der Waals surface area (Å²) < 4.78 is 5.26. The van der Waals surface area contributed by atoms with Crippen molar-refractivity contribution in [3.63, 3.8) is 0 Å². The van der Waals surface area contributed by atoms with E-state index >= 15 is 0 Å². The summed E-state index contributed by atoms with van der Waals surface area (Å²) in [4.78, 5) is 12.4. The molecule has 1 saturated heterocycles. The van der Waals surface area contributed by atoms with Crippen molar-refractivity contribution in [2.45, 2.75) is 32.2 Å². The summed E-state index contributed by atoms with van der Waals surface area (Å²) in [5.41, 5.74) is 8.66. The number of rotatable bonds is 3. The second-order valence-electron chi connectivity index (χ2n) is 5.95. The SMILES string of the molecule is Cc1ccc(-c2nnc(NC(=O)C3(N)CCOCC3)s2)c(C)c1.Cl. The Kier molecular flexibility index (Phi) is 5.92. The molecule has 2 heterocycles. The highest BCUT2D eigenvalue weighted by Crippen LogP contribution is 2.30. The Balaban J connectivity index is 0.00000208. The van der Waals surface area contributed by atoms with Crippen molar-refractivity contribution in [1.29, 1.82) is 0 Å². The number of nitrogens with one attached hydrogen (secondary N) is 1. The van der Waals surface area contributed by atoms with Crippen LogP contribution in [0.25, 0.3) is 10.6 Å². The van der Waals surface area contributed by atoms with Gasteiger partial charge in [0.1, 0.15) is 10.5 Å². The monoisotopic (exact) mass is 368 g/mol. The van der Waals surface area contributed by atoms with Gasteiger partial charge in [-0.1, -0.05) is 35.1 Å². The Labute approximate surface area is 151 Å². The molecule has 3 rings (SSSR count). The summed E-state index contributed by atoms with van der Waals surface area (Å²) in [5, 5.41) is 12.3. The fourth-order valence-corrected chi connectivity index (χ4v) is 3.45. The maximum Gasteiger partial charge on any atom is 0.246 e. The van der Waals surface area contributed by atoms with E-state index in [9.17, 15) is 4.79 Å². The number of halogens is 1. The normalized spacial score (nSPS) is 16.3. The lowest BCUT2D eigenvalue weighted by atomic mass is 9.90. The van der Waals surface area contributed by atoms with Crippen molar-refractivity contribution in [3.8, 4) is 10.6 Å². The smallest absolute Gasteiger partial charge is 0.246 e. The topological polar surface area (TPSA) is 90.1 Å². The van der Waals surface area contributed by atoms with Crippen molar-refractivity contribution < 1.29 is 9.53 Å². The molecule has 0 atom stereocenters. The fourth-order valence-electron chi connectivity index (χ4n) is 2.62. The molecule has 1 fully saturated rings. The minimum atomic E-state index is -0.885. The molecule has 1 aliphatic heterocycles. The van der Waals surface area contributed by atoms with Gasteiger partial charge in [-0.2, -0.15) is 0 Å². The fraction of sp³-hybridized carbons (Fsp3) is 0.438. The van der Waals surface area contributed by atoms with E-state index in [1.807, 2.05) is 19.1 Å². The van der Waals surface area contributed by atoms with Gasteiger partial charge in [-0.15, -0.1) is 22.6 Å². The Morgan fingerprint density at radius 2 is 2.00 bits per heavy atom. The summed E-state index contributed by atoms with van der Waals surface area (Å²) in [5.74, 6) is -0.218. The first-order chi connectivity index (χ1) is 11.0. The third-order valence-corrected chi connectivity index (χ3v) is 4.97. The molecule has 1 amide bonds. The lowest BCUT2D eigenvalue weighted by Gasteiger charge is -2.31. The Morgan fingerprint density at radius 1 is 1.29 bits per heavy atom. The number of benzene rings is 1. The molecule has 0 bridgehead atoms. The summed E-state index contributed by atoms with van der Waals surface area (Å²) in [6, 6.07) is 6.17. The van der Waals surface area contributed by atoms with Gasteiger partial charge >= 0.3 is 0 Å². The van der Waals surface area contributed by atoms with E-state index in [0.717, 1.165) is 16.1 Å². The van der Waals surface area contributed by atoms with E-state index < -0.39 is 5.54 Å². The number of carbonyl (C=O) groups is 1. The molecule has 1 aromatic heterocycles. The van der Waals surface area contributed by atoms with Crippen molar-refractivity contribution in [3.05, 3.63) is 29.3 Å². The number of hydrogen-bond acceptors (Lipinski definition) is 6. The van der Waals surface area contributed by atoms with Crippen molar-refractivity contribution in [2.24, 2.45) is 5.73 Å². The summed E-state index contributed by atoms with van der Waals surface area (Å²) in [6.45, 7) is 5.11. The first kappa shape index (κ1) is 18.8. The van der Waals surface area contributed by atoms with Gasteiger partial charge in [0, 0.05) is 18.8 Å². The summed E-state index contributed by atoms with van der Waals surface area (Å²) in [6.07, 6.45) is 1.03. The molecule has 6 nitrogen and oxygen atoms in total. The number of aromatic nitrogens is 2. The van der Waals surface area contributed by atoms with Crippen LogP contribution >= 0.6 is 23.7 Å². The third kappa shape index (κ3) is 3.92. The minimum Gasteiger partial charge on any atom is -0.381 e. The maximum absolute atomic E-state index is 12.4. The highest BCUT2D eigenvalue weighted by atomic mass is 35.5. The lowest BCUT2D eigenvalue weighted by Crippen LogP contribution is -2.54. The second-order valence-corrected chi connectivity index (χ2v) is 6.93. The highest BCUT2D eigenvalue weighted by Gasteiger charge is 2.36. The van der Waals surface area contributed by atoms with Gasteiger partial charge in [0.05, 0.1) is 0 Å². The molecule has 3 N–H and O–H groups in total. The van der Waals surface area contributed by atoms with Crippen LogP contribution in [0, 0.1) is 13.8 Å². The summed E-state index contributed by atoms with van der Waals surface area (Å²) in [7, 11) is 0. The number of ether oxygens (including phenoxy) is 1. The molecule has 1 aromatic carbocycles. The molecule has 130 valence electrons. The van der Waals surface area contributed by atoms with Gasteiger partial charge in [-0.05, 0) is 32.3 Å². The first-order valence-electron chi connectivity index (χ1n) is 7.57. The average molecular weight is 369 g/mol. The lowest BCUT2D eigenvalue weighted by molar-refractivity contribution is -0.124. The van der Waals surface area contributed by atoms with Crippen molar-refractivity contribution >= 4 is 34.8 Å². The van der Waals surface area contributed by atoms with E-state index in [2.05, 4.69) is 28.5 Å². The molecule has 0 unspecified atom stereocenters. The van der Waals surface area contributed by atoms with E-state index in [4.69, 9.17) is 10.5 Å². The molecule has 0 saturated carbocycles. The average Bonchev–Trinajstić information content (AvgIpc) is 2.96. The number of nitrogens with zero attached hydrogens (tertiary/aromatic N) is 2. The number of amides is 1. The third-order valence-electron chi connectivity index (χ3n) is 4.10. The van der Waals surface area contributed by atoms with Crippen LogP contribution in [-0.4, -0.2) is 34.9 Å². The number of anilines is 1. The summed E-state index contributed by atoms with van der Waals surface area (Å²) >= 11 is 1.36. The van der Waals surface area contributed by atoms with Crippen LogP contribution in [0.1, 0.15) is 24.0 Å². The van der Waals surface area contributed by atoms with Crippen molar-refractivity contribution in [2.75, 3.05) is 18.5 Å². The molecule has 8 heteroatoms. The largest absolute Gasteiger partial charge is 0.381 e. The van der Waals surface area contributed by atoms with Gasteiger partial charge in [-0.3, -0.25) is 10.1 Å². The molecule has 24 heavy (non-hydrogen) atoms. The zero-order chi connectivity index (χ0) is 16.4. The quantitative estimate of drug-likeness (QED) is 0.869. The molecule has 0 aliphatic carbocycles. The Hall–Kier alpha value is -1.54. The van der Waals surface area contributed by atoms with E-state index in [1.54, 1.807) is 0 Å². The van der Waals surface area contributed by atoms with Gasteiger partial charge < -0.3 is 10.5 Å². The Bertz CT molecular complexity index is 729. The molecule has 0 spiro atoms. The molecular formula is C16H21ClN4O2S. The zero-order valence-corrected chi connectivity index (χ0v) is 15.3. The first-order valence-corrected chi connectivity index (χ1v) is 8.39. The number of aryl methyl sites for hydroxylation is 2. The number of carbonyl (C=O) groups excluding carboxylic acids is 1. The molecule has 1 aliphatic rings. The van der Waals surface area contributed by atoms with Gasteiger partial charge in [0.15, 0.2) is 0 Å². The predicted octanol–water partition coefficient (Wildman–Crippen LogP) is 2.69. The van der Waals surface area contributed by atoms with Crippen LogP contribution < -0.4 is 11.1 Å². The van der Waals surface area contributed by atoms with Crippen LogP contribution in [0.3, 0.4) is 0 Å². The van der Waals surface area contributed by atoms with Crippen LogP contribution in [-0.2, 0) is 9.53 Å². The standard InChI is InChI=1S/C16H20N4O2S.ClH/c1-10-3-4-12(11(2)9-10)13-19-20-15(23-13)18-14(21)16(17)5-7-22-8-6-16;/h3-4,9H,5-8,17H2,1-2H3,(H,18,20,21);1H. The van der Waals surface area contributed by atoms with Crippen molar-refractivity contribution in [1.82, 2.24) is 10.2 Å². The number of nitrogens with two attached hydrogens (primary N) is 1. The second kappa shape index (κ2) is 7.57. The van der Waals surface area contributed by atoms with E-state index in [0.29, 0.717) is 31.2 Å². The van der Waals surface area contributed by atoms with Gasteiger partial charge in [0.2, 0.25) is 11.0 Å². The maximum atomic E-state index is 12.4. The molecule has 0 radical (unpaired) electrons. The van der Waals surface area contributed by atoms with Crippen LogP contribution in [0.2, 0.25) is 0 Å². The predicted molar refractivity (Wildman–Crippen MR) is 97.7 cm³/mol.